The molecule has 1 rings (SSSR count). The van der Waals surface area contributed by atoms with Crippen LogP contribution in [-0.2, 0) is 16.0 Å². The van der Waals surface area contributed by atoms with E-state index in [2.05, 4.69) is 0 Å². The number of hydrogen-bond acceptors (Lipinski definition) is 3. The standard InChI is InChI=1S/C13H18O3/c1-13(10-14,16-3)9-8-11-6-4-5-7-12(11)15-2/h4-7,10H,8-9H2,1-3H3. The molecule has 0 fully saturated rings. The minimum Gasteiger partial charge on any atom is -0.496 e. The lowest BCUT2D eigenvalue weighted by Crippen LogP contribution is -2.29. The summed E-state index contributed by atoms with van der Waals surface area (Å²) >= 11 is 0. The zero-order valence-electron chi connectivity index (χ0n) is 10.0. The third-order valence-corrected chi connectivity index (χ3v) is 2.80. The third-order valence-electron chi connectivity index (χ3n) is 2.80. The highest BCUT2D eigenvalue weighted by Crippen LogP contribution is 2.22. The average Bonchev–Trinajstić information content (AvgIpc) is 2.36. The quantitative estimate of drug-likeness (QED) is 0.692. The predicted octanol–water partition coefficient (Wildman–Crippen LogP) is 2.23. The molecule has 0 bridgehead atoms. The summed E-state index contributed by atoms with van der Waals surface area (Å²) in [6, 6.07) is 7.81. The Hall–Kier alpha value is -1.35. The molecule has 1 atom stereocenters. The van der Waals surface area contributed by atoms with E-state index in [-0.39, 0.29) is 0 Å². The van der Waals surface area contributed by atoms with Crippen molar-refractivity contribution in [3.8, 4) is 5.75 Å². The van der Waals surface area contributed by atoms with Gasteiger partial charge in [-0.15, -0.1) is 0 Å². The van der Waals surface area contributed by atoms with Gasteiger partial charge >= 0.3 is 0 Å². The molecule has 0 N–H and O–H groups in total. The number of aldehydes is 1. The molecular formula is C13H18O3. The van der Waals surface area contributed by atoms with Crippen molar-refractivity contribution in [1.29, 1.82) is 0 Å². The molecular weight excluding hydrogens is 204 g/mol. The minimum absolute atomic E-state index is 0.646. The molecule has 0 amide bonds. The zero-order chi connectivity index (χ0) is 12.0. The lowest BCUT2D eigenvalue weighted by Gasteiger charge is -2.21. The van der Waals surface area contributed by atoms with Crippen LogP contribution in [0.15, 0.2) is 24.3 Å². The fourth-order valence-electron chi connectivity index (χ4n) is 1.50. The second-order valence-electron chi connectivity index (χ2n) is 3.95. The van der Waals surface area contributed by atoms with Crippen molar-refractivity contribution in [1.82, 2.24) is 0 Å². The molecule has 16 heavy (non-hydrogen) atoms. The topological polar surface area (TPSA) is 35.5 Å². The van der Waals surface area contributed by atoms with E-state index in [1.54, 1.807) is 21.1 Å². The summed E-state index contributed by atoms with van der Waals surface area (Å²) < 4.78 is 10.4. The van der Waals surface area contributed by atoms with Crippen LogP contribution in [0.5, 0.6) is 5.75 Å². The number of methoxy groups -OCH3 is 2. The molecule has 0 spiro atoms. The Kier molecular flexibility index (Phi) is 4.50. The molecule has 0 radical (unpaired) electrons. The van der Waals surface area contributed by atoms with Gasteiger partial charge in [0, 0.05) is 7.11 Å². The van der Waals surface area contributed by atoms with E-state index >= 15 is 0 Å². The van der Waals surface area contributed by atoms with Gasteiger partial charge in [-0.1, -0.05) is 18.2 Å². The first-order chi connectivity index (χ1) is 7.65. The fraction of sp³-hybridized carbons (Fsp3) is 0.462. The number of ether oxygens (including phenoxy) is 2. The highest BCUT2D eigenvalue weighted by atomic mass is 16.5. The number of para-hydroxylation sites is 1. The largest absolute Gasteiger partial charge is 0.496 e. The second kappa shape index (κ2) is 5.66. The van der Waals surface area contributed by atoms with Gasteiger partial charge in [-0.05, 0) is 31.4 Å². The molecule has 0 aliphatic heterocycles. The van der Waals surface area contributed by atoms with E-state index in [1.807, 2.05) is 24.3 Å². The highest BCUT2D eigenvalue weighted by molar-refractivity contribution is 5.61. The Labute approximate surface area is 96.4 Å². The number of aryl methyl sites for hydroxylation is 1. The minimum atomic E-state index is -0.707. The number of carbonyl (C=O) groups is 1. The molecule has 3 nitrogen and oxygen atoms in total. The van der Waals surface area contributed by atoms with Crippen LogP contribution >= 0.6 is 0 Å². The van der Waals surface area contributed by atoms with E-state index in [1.165, 1.54) is 0 Å². The van der Waals surface area contributed by atoms with Crippen molar-refractivity contribution in [2.24, 2.45) is 0 Å². The smallest absolute Gasteiger partial charge is 0.151 e. The average molecular weight is 222 g/mol. The Morgan fingerprint density at radius 2 is 2.00 bits per heavy atom. The van der Waals surface area contributed by atoms with E-state index in [0.717, 1.165) is 24.0 Å². The van der Waals surface area contributed by atoms with E-state index in [0.29, 0.717) is 6.42 Å². The van der Waals surface area contributed by atoms with Gasteiger partial charge in [-0.25, -0.2) is 0 Å². The van der Waals surface area contributed by atoms with Gasteiger partial charge in [-0.2, -0.15) is 0 Å². The SMILES string of the molecule is COc1ccccc1CCC(C)(C=O)OC. The van der Waals surface area contributed by atoms with Crippen LogP contribution in [0.2, 0.25) is 0 Å². The molecule has 0 aliphatic rings. The second-order valence-corrected chi connectivity index (χ2v) is 3.95. The van der Waals surface area contributed by atoms with Crippen LogP contribution in [0.1, 0.15) is 18.9 Å². The molecule has 0 heterocycles. The van der Waals surface area contributed by atoms with Crippen LogP contribution in [0.3, 0.4) is 0 Å². The highest BCUT2D eigenvalue weighted by Gasteiger charge is 2.22. The lowest BCUT2D eigenvalue weighted by atomic mass is 9.97. The van der Waals surface area contributed by atoms with Gasteiger partial charge in [0.25, 0.3) is 0 Å². The molecule has 1 aromatic rings. The van der Waals surface area contributed by atoms with E-state index < -0.39 is 5.60 Å². The van der Waals surface area contributed by atoms with Gasteiger partial charge in [0.15, 0.2) is 6.29 Å². The molecule has 1 unspecified atom stereocenters. The molecule has 3 heteroatoms. The summed E-state index contributed by atoms with van der Waals surface area (Å²) in [6.07, 6.45) is 2.25. The van der Waals surface area contributed by atoms with Crippen LogP contribution < -0.4 is 4.74 Å². The van der Waals surface area contributed by atoms with Crippen LogP contribution in [0.4, 0.5) is 0 Å². The predicted molar refractivity (Wildman–Crippen MR) is 62.8 cm³/mol. The fourth-order valence-corrected chi connectivity index (χ4v) is 1.50. The maximum atomic E-state index is 10.9. The summed E-state index contributed by atoms with van der Waals surface area (Å²) in [5, 5.41) is 0. The first-order valence-electron chi connectivity index (χ1n) is 5.28. The Bertz CT molecular complexity index is 349. The maximum absolute atomic E-state index is 10.9. The number of carbonyl (C=O) groups excluding carboxylic acids is 1. The Balaban J connectivity index is 2.70. The number of rotatable bonds is 6. The zero-order valence-corrected chi connectivity index (χ0v) is 10.0. The van der Waals surface area contributed by atoms with Crippen molar-refractivity contribution in [2.45, 2.75) is 25.4 Å². The lowest BCUT2D eigenvalue weighted by molar-refractivity contribution is -0.126. The van der Waals surface area contributed by atoms with E-state index in [9.17, 15) is 4.79 Å². The van der Waals surface area contributed by atoms with Crippen molar-refractivity contribution >= 4 is 6.29 Å². The third kappa shape index (κ3) is 3.07. The van der Waals surface area contributed by atoms with Gasteiger partial charge < -0.3 is 14.3 Å². The Morgan fingerprint density at radius 3 is 2.56 bits per heavy atom. The van der Waals surface area contributed by atoms with Crippen molar-refractivity contribution in [2.75, 3.05) is 14.2 Å². The number of hydrogen-bond donors (Lipinski definition) is 0. The summed E-state index contributed by atoms with van der Waals surface area (Å²) in [4.78, 5) is 10.9. The molecule has 88 valence electrons. The number of benzene rings is 1. The first kappa shape index (κ1) is 12.7. The molecule has 0 saturated carbocycles. The van der Waals surface area contributed by atoms with Gasteiger partial charge in [0.2, 0.25) is 0 Å². The normalized spacial score (nSPS) is 14.2. The summed E-state index contributed by atoms with van der Waals surface area (Å²) in [7, 11) is 3.20. The Morgan fingerprint density at radius 1 is 1.31 bits per heavy atom. The summed E-state index contributed by atoms with van der Waals surface area (Å²) in [5.74, 6) is 0.854. The molecule has 0 aliphatic carbocycles. The van der Waals surface area contributed by atoms with Crippen molar-refractivity contribution in [3.05, 3.63) is 29.8 Å². The van der Waals surface area contributed by atoms with Crippen LogP contribution in [0.25, 0.3) is 0 Å². The molecule has 0 aromatic heterocycles. The van der Waals surface area contributed by atoms with Gasteiger partial charge in [-0.3, -0.25) is 0 Å². The monoisotopic (exact) mass is 222 g/mol. The molecule has 0 saturated heterocycles. The molecule has 1 aromatic carbocycles. The van der Waals surface area contributed by atoms with Gasteiger partial charge in [0.1, 0.15) is 11.4 Å². The van der Waals surface area contributed by atoms with Crippen molar-refractivity contribution in [3.63, 3.8) is 0 Å². The van der Waals surface area contributed by atoms with Crippen LogP contribution in [0, 0.1) is 0 Å². The van der Waals surface area contributed by atoms with Crippen LogP contribution in [-0.4, -0.2) is 26.1 Å². The van der Waals surface area contributed by atoms with E-state index in [4.69, 9.17) is 9.47 Å². The summed E-state index contributed by atoms with van der Waals surface area (Å²) in [6.45, 7) is 1.79. The first-order valence-corrected chi connectivity index (χ1v) is 5.28. The summed E-state index contributed by atoms with van der Waals surface area (Å²) in [5.41, 5.74) is 0.385. The maximum Gasteiger partial charge on any atom is 0.151 e. The van der Waals surface area contributed by atoms with Crippen molar-refractivity contribution < 1.29 is 14.3 Å². The van der Waals surface area contributed by atoms with Gasteiger partial charge in [0.05, 0.1) is 7.11 Å².